The molecule has 0 radical (unpaired) electrons. The molecule has 1 N–H and O–H groups in total. The van der Waals surface area contributed by atoms with Gasteiger partial charge in [0.05, 0.1) is 34.8 Å². The van der Waals surface area contributed by atoms with Crippen molar-refractivity contribution in [1.82, 2.24) is 9.78 Å². The molecule has 0 aliphatic carbocycles. The van der Waals surface area contributed by atoms with Crippen LogP contribution in [-0.4, -0.2) is 25.3 Å². The van der Waals surface area contributed by atoms with E-state index in [0.29, 0.717) is 17.1 Å². The van der Waals surface area contributed by atoms with Gasteiger partial charge < -0.3 is 4.74 Å². The molecule has 0 amide bonds. The first kappa shape index (κ1) is 18.0. The highest BCUT2D eigenvalue weighted by Gasteiger charge is 2.20. The molecule has 0 atom stereocenters. The minimum Gasteiger partial charge on any atom is -0.497 e. The van der Waals surface area contributed by atoms with Gasteiger partial charge in [-0.1, -0.05) is 17.7 Å². The van der Waals surface area contributed by atoms with Crippen molar-refractivity contribution in [3.05, 3.63) is 65.5 Å². The largest absolute Gasteiger partial charge is 0.497 e. The first-order valence-corrected chi connectivity index (χ1v) is 9.60. The van der Waals surface area contributed by atoms with Crippen molar-refractivity contribution >= 4 is 15.7 Å². The number of nitrogens with one attached hydrogen (secondary N) is 1. The summed E-state index contributed by atoms with van der Waals surface area (Å²) in [5.41, 5.74) is 3.85. The highest BCUT2D eigenvalue weighted by atomic mass is 32.2. The summed E-state index contributed by atoms with van der Waals surface area (Å²) in [6, 6.07) is 14.1. The Balaban J connectivity index is 1.95. The number of aromatic nitrogens is 2. The van der Waals surface area contributed by atoms with Gasteiger partial charge in [-0.2, -0.15) is 5.10 Å². The van der Waals surface area contributed by atoms with Crippen molar-refractivity contribution in [1.29, 1.82) is 0 Å². The Hall–Kier alpha value is -2.80. The first-order chi connectivity index (χ1) is 12.3. The second-order valence-electron chi connectivity index (χ2n) is 6.07. The maximum absolute atomic E-state index is 12.7. The van der Waals surface area contributed by atoms with Crippen molar-refractivity contribution in [2.24, 2.45) is 0 Å². The van der Waals surface area contributed by atoms with Crippen molar-refractivity contribution in [2.75, 3.05) is 11.8 Å². The van der Waals surface area contributed by atoms with Crippen LogP contribution in [0.15, 0.2) is 53.4 Å². The molecule has 7 heteroatoms. The molecule has 6 nitrogen and oxygen atoms in total. The van der Waals surface area contributed by atoms with Gasteiger partial charge in [-0.3, -0.25) is 4.72 Å². The number of sulfonamides is 1. The van der Waals surface area contributed by atoms with Crippen LogP contribution < -0.4 is 9.46 Å². The van der Waals surface area contributed by atoms with Gasteiger partial charge in [0.1, 0.15) is 5.75 Å². The van der Waals surface area contributed by atoms with Crippen LogP contribution in [0.1, 0.15) is 17.0 Å². The number of nitrogens with zero attached hydrogens (tertiary/aromatic N) is 2. The lowest BCUT2D eigenvalue weighted by Crippen LogP contribution is -2.14. The molecule has 0 spiro atoms. The van der Waals surface area contributed by atoms with E-state index in [-0.39, 0.29) is 4.90 Å². The van der Waals surface area contributed by atoms with Gasteiger partial charge in [0.2, 0.25) is 0 Å². The third-order valence-electron chi connectivity index (χ3n) is 4.18. The zero-order valence-electron chi connectivity index (χ0n) is 15.1. The van der Waals surface area contributed by atoms with Gasteiger partial charge in [-0.15, -0.1) is 0 Å². The van der Waals surface area contributed by atoms with Gasteiger partial charge in [0.25, 0.3) is 10.0 Å². The van der Waals surface area contributed by atoms with Crippen LogP contribution in [0.2, 0.25) is 0 Å². The zero-order valence-corrected chi connectivity index (χ0v) is 16.0. The number of benzene rings is 2. The van der Waals surface area contributed by atoms with Crippen LogP contribution in [0.25, 0.3) is 5.69 Å². The predicted molar refractivity (Wildman–Crippen MR) is 102 cm³/mol. The molecule has 0 aliphatic rings. The third-order valence-corrected chi connectivity index (χ3v) is 5.54. The quantitative estimate of drug-likeness (QED) is 0.744. The van der Waals surface area contributed by atoms with E-state index in [4.69, 9.17) is 4.74 Å². The van der Waals surface area contributed by atoms with E-state index in [9.17, 15) is 8.42 Å². The van der Waals surface area contributed by atoms with E-state index < -0.39 is 10.0 Å². The van der Waals surface area contributed by atoms with Gasteiger partial charge in [0, 0.05) is 0 Å². The lowest BCUT2D eigenvalue weighted by molar-refractivity contribution is 0.414. The van der Waals surface area contributed by atoms with Crippen molar-refractivity contribution in [3.8, 4) is 11.4 Å². The maximum atomic E-state index is 12.7. The molecular formula is C19H21N3O3S. The zero-order chi connectivity index (χ0) is 18.9. The van der Waals surface area contributed by atoms with Gasteiger partial charge in [-0.25, -0.2) is 13.1 Å². The molecule has 2 aromatic carbocycles. The molecule has 0 saturated carbocycles. The minimum atomic E-state index is -3.72. The summed E-state index contributed by atoms with van der Waals surface area (Å²) < 4.78 is 34.9. The van der Waals surface area contributed by atoms with Crippen molar-refractivity contribution < 1.29 is 13.2 Å². The van der Waals surface area contributed by atoms with Crippen molar-refractivity contribution in [2.45, 2.75) is 25.7 Å². The number of rotatable bonds is 5. The number of hydrogen-bond donors (Lipinski definition) is 1. The summed E-state index contributed by atoms with van der Waals surface area (Å²) in [6.45, 7) is 5.63. The van der Waals surface area contributed by atoms with E-state index in [1.807, 2.05) is 38.1 Å². The van der Waals surface area contributed by atoms with Crippen LogP contribution in [0, 0.1) is 20.8 Å². The molecule has 0 saturated heterocycles. The second-order valence-corrected chi connectivity index (χ2v) is 7.76. The molecule has 1 aromatic heterocycles. The first-order valence-electron chi connectivity index (χ1n) is 8.12. The predicted octanol–water partition coefficient (Wildman–Crippen LogP) is 3.61. The number of aryl methyl sites for hydroxylation is 2. The number of anilines is 1. The topological polar surface area (TPSA) is 73.2 Å². The summed E-state index contributed by atoms with van der Waals surface area (Å²) in [5, 5.41) is 4.49. The van der Waals surface area contributed by atoms with Gasteiger partial charge >= 0.3 is 0 Å². The van der Waals surface area contributed by atoms with Crippen LogP contribution in [-0.2, 0) is 10.0 Å². The van der Waals surface area contributed by atoms with Crippen molar-refractivity contribution in [3.63, 3.8) is 0 Å². The third kappa shape index (κ3) is 3.43. The van der Waals surface area contributed by atoms with Crippen LogP contribution >= 0.6 is 0 Å². The lowest BCUT2D eigenvalue weighted by atomic mass is 10.2. The summed E-state index contributed by atoms with van der Waals surface area (Å²) in [4.78, 5) is 0.167. The Kier molecular flexibility index (Phi) is 4.73. The van der Waals surface area contributed by atoms with Crippen LogP contribution in [0.3, 0.4) is 0 Å². The number of methoxy groups -OCH3 is 1. The number of ether oxygens (including phenoxy) is 1. The monoisotopic (exact) mass is 371 g/mol. The summed E-state index contributed by atoms with van der Waals surface area (Å²) in [6.07, 6.45) is 0. The molecule has 1 heterocycles. The van der Waals surface area contributed by atoms with Crippen LogP contribution in [0.5, 0.6) is 5.75 Å². The standard InChI is InChI=1S/C19H21N3O3S/c1-13-5-7-16(8-6-13)22-15(3)19(14(2)20-22)21-26(23,24)18-11-9-17(25-4)10-12-18/h5-12,21H,1-4H3. The average molecular weight is 371 g/mol. The molecule has 0 aliphatic heterocycles. The Labute approximate surface area is 153 Å². The fourth-order valence-electron chi connectivity index (χ4n) is 2.68. The van der Waals surface area contributed by atoms with Gasteiger partial charge in [0.15, 0.2) is 0 Å². The van der Waals surface area contributed by atoms with E-state index in [0.717, 1.165) is 16.9 Å². The average Bonchev–Trinajstić information content (AvgIpc) is 2.90. The van der Waals surface area contributed by atoms with E-state index >= 15 is 0 Å². The molecule has 26 heavy (non-hydrogen) atoms. The Morgan fingerprint density at radius 2 is 1.58 bits per heavy atom. The second kappa shape index (κ2) is 6.84. The highest BCUT2D eigenvalue weighted by molar-refractivity contribution is 7.92. The highest BCUT2D eigenvalue weighted by Crippen LogP contribution is 2.26. The molecule has 0 fully saturated rings. The summed E-state index contributed by atoms with van der Waals surface area (Å²) in [5.74, 6) is 0.600. The number of hydrogen-bond acceptors (Lipinski definition) is 4. The van der Waals surface area contributed by atoms with E-state index in [1.165, 1.54) is 19.2 Å². The minimum absolute atomic E-state index is 0.167. The van der Waals surface area contributed by atoms with E-state index in [2.05, 4.69) is 9.82 Å². The normalized spacial score (nSPS) is 11.4. The Morgan fingerprint density at radius 3 is 2.15 bits per heavy atom. The smallest absolute Gasteiger partial charge is 0.262 e. The van der Waals surface area contributed by atoms with Gasteiger partial charge in [-0.05, 0) is 57.2 Å². The lowest BCUT2D eigenvalue weighted by Gasteiger charge is -2.10. The molecule has 3 rings (SSSR count). The Morgan fingerprint density at radius 1 is 0.962 bits per heavy atom. The summed E-state index contributed by atoms with van der Waals surface area (Å²) in [7, 11) is -2.18. The fraction of sp³-hybridized carbons (Fsp3) is 0.211. The molecule has 0 unspecified atom stereocenters. The maximum Gasteiger partial charge on any atom is 0.262 e. The molecule has 3 aromatic rings. The van der Waals surface area contributed by atoms with Crippen LogP contribution in [0.4, 0.5) is 5.69 Å². The molecule has 136 valence electrons. The Bertz CT molecular complexity index is 1020. The fourth-order valence-corrected chi connectivity index (χ4v) is 3.85. The molecule has 0 bridgehead atoms. The van der Waals surface area contributed by atoms with E-state index in [1.54, 1.807) is 23.7 Å². The SMILES string of the molecule is COc1ccc(S(=O)(=O)Nc2c(C)nn(-c3ccc(C)cc3)c2C)cc1. The molecular weight excluding hydrogens is 350 g/mol. The summed E-state index contributed by atoms with van der Waals surface area (Å²) >= 11 is 0.